The first-order valence-corrected chi connectivity index (χ1v) is 6.07. The molecule has 1 saturated carbocycles. The number of aliphatic hydroxyl groups is 1. The number of carbonyl (C=O) groups excluding carboxylic acids is 1. The number of ether oxygens (including phenoxy) is 1. The normalized spacial score (nSPS) is 20.6. The van der Waals surface area contributed by atoms with E-state index in [0.717, 1.165) is 26.2 Å². The van der Waals surface area contributed by atoms with Crippen LogP contribution in [0.4, 0.5) is 0 Å². The number of carbonyl (C=O) groups is 2. The summed E-state index contributed by atoms with van der Waals surface area (Å²) in [5, 5.41) is 20.8. The van der Waals surface area contributed by atoms with Crippen molar-refractivity contribution in [3.05, 3.63) is 0 Å². The van der Waals surface area contributed by atoms with Crippen molar-refractivity contribution in [3.63, 3.8) is 0 Å². The third kappa shape index (κ3) is 3.20. The Morgan fingerprint density at radius 1 is 1.44 bits per heavy atom. The van der Waals surface area contributed by atoms with Crippen LogP contribution < -0.4 is 5.32 Å². The van der Waals surface area contributed by atoms with Gasteiger partial charge in [-0.25, -0.2) is 4.79 Å². The van der Waals surface area contributed by atoms with Crippen molar-refractivity contribution in [2.45, 2.75) is 38.2 Å². The van der Waals surface area contributed by atoms with Crippen LogP contribution in [0.2, 0.25) is 0 Å². The second kappa shape index (κ2) is 5.67. The number of rotatable bonds is 7. The molecule has 0 spiro atoms. The largest absolute Gasteiger partial charge is 0.479 e. The third-order valence-corrected chi connectivity index (χ3v) is 3.63. The van der Waals surface area contributed by atoms with E-state index in [1.165, 1.54) is 0 Å². The zero-order valence-electron chi connectivity index (χ0n) is 10.9. The highest BCUT2D eigenvalue weighted by atomic mass is 16.5. The Balaban J connectivity index is 2.51. The molecule has 18 heavy (non-hydrogen) atoms. The molecule has 1 amide bonds. The molecule has 3 N–H and O–H groups in total. The molecule has 0 saturated heterocycles. The van der Waals surface area contributed by atoms with Gasteiger partial charge in [-0.15, -0.1) is 0 Å². The van der Waals surface area contributed by atoms with Crippen molar-refractivity contribution in [3.8, 4) is 0 Å². The van der Waals surface area contributed by atoms with E-state index in [0.29, 0.717) is 13.0 Å². The van der Waals surface area contributed by atoms with Crippen molar-refractivity contribution in [1.82, 2.24) is 5.32 Å². The van der Waals surface area contributed by atoms with E-state index in [9.17, 15) is 14.7 Å². The summed E-state index contributed by atoms with van der Waals surface area (Å²) in [4.78, 5) is 22.8. The monoisotopic (exact) mass is 259 g/mol. The molecule has 1 aliphatic carbocycles. The van der Waals surface area contributed by atoms with Crippen LogP contribution in [0.5, 0.6) is 0 Å². The lowest BCUT2D eigenvalue weighted by Gasteiger charge is -2.40. The number of carboxylic acids is 1. The number of carboxylic acid groups (broad SMARTS) is 1. The van der Waals surface area contributed by atoms with Gasteiger partial charge in [0.15, 0.2) is 5.60 Å². The van der Waals surface area contributed by atoms with Crippen molar-refractivity contribution >= 4 is 11.9 Å². The van der Waals surface area contributed by atoms with E-state index in [-0.39, 0.29) is 12.5 Å². The van der Waals surface area contributed by atoms with Crippen LogP contribution in [0, 0.1) is 5.41 Å². The molecule has 0 bridgehead atoms. The summed E-state index contributed by atoms with van der Waals surface area (Å²) in [6.45, 7) is 1.39. The van der Waals surface area contributed by atoms with Gasteiger partial charge in [0.1, 0.15) is 0 Å². The number of nitrogens with one attached hydrogen (secondary N) is 1. The van der Waals surface area contributed by atoms with Gasteiger partial charge in [0, 0.05) is 13.7 Å². The lowest BCUT2D eigenvalue weighted by atomic mass is 9.66. The van der Waals surface area contributed by atoms with Crippen LogP contribution >= 0.6 is 0 Å². The Bertz CT molecular complexity index is 322. The molecule has 1 fully saturated rings. The van der Waals surface area contributed by atoms with Crippen molar-refractivity contribution in [1.29, 1.82) is 0 Å². The highest BCUT2D eigenvalue weighted by Crippen LogP contribution is 2.44. The van der Waals surface area contributed by atoms with Gasteiger partial charge in [-0.1, -0.05) is 6.42 Å². The summed E-state index contributed by atoms with van der Waals surface area (Å²) in [5.74, 6) is -1.53. The lowest BCUT2D eigenvalue weighted by Crippen LogP contribution is -2.52. The van der Waals surface area contributed by atoms with Gasteiger partial charge in [-0.2, -0.15) is 0 Å². The van der Waals surface area contributed by atoms with Crippen LogP contribution in [-0.4, -0.2) is 48.0 Å². The first-order chi connectivity index (χ1) is 8.34. The van der Waals surface area contributed by atoms with Gasteiger partial charge in [-0.3, -0.25) is 4.79 Å². The van der Waals surface area contributed by atoms with E-state index in [1.807, 2.05) is 0 Å². The summed E-state index contributed by atoms with van der Waals surface area (Å²) in [5.41, 5.74) is -2.37. The number of methoxy groups -OCH3 is 1. The van der Waals surface area contributed by atoms with Gasteiger partial charge in [0.2, 0.25) is 5.91 Å². The molecule has 1 unspecified atom stereocenters. The molecule has 1 rings (SSSR count). The Morgan fingerprint density at radius 2 is 2.06 bits per heavy atom. The zero-order chi connectivity index (χ0) is 13.8. The Morgan fingerprint density at radius 3 is 2.44 bits per heavy atom. The maximum Gasteiger partial charge on any atom is 0.337 e. The average molecular weight is 259 g/mol. The summed E-state index contributed by atoms with van der Waals surface area (Å²) < 4.78 is 4.98. The Hall–Kier alpha value is -1.14. The fourth-order valence-electron chi connectivity index (χ4n) is 2.01. The quantitative estimate of drug-likeness (QED) is 0.604. The van der Waals surface area contributed by atoms with Gasteiger partial charge in [-0.05, 0) is 26.2 Å². The van der Waals surface area contributed by atoms with E-state index in [4.69, 9.17) is 9.84 Å². The second-order valence-corrected chi connectivity index (χ2v) is 5.14. The molecule has 104 valence electrons. The molecule has 1 aliphatic rings. The smallest absolute Gasteiger partial charge is 0.337 e. The maximum absolute atomic E-state index is 12.1. The fourth-order valence-corrected chi connectivity index (χ4v) is 2.01. The predicted octanol–water partition coefficient (Wildman–Crippen LogP) is 0.145. The minimum Gasteiger partial charge on any atom is -0.479 e. The molecular weight excluding hydrogens is 238 g/mol. The van der Waals surface area contributed by atoms with Gasteiger partial charge in [0.25, 0.3) is 0 Å². The predicted molar refractivity (Wildman–Crippen MR) is 64.0 cm³/mol. The van der Waals surface area contributed by atoms with Crippen LogP contribution in [0.25, 0.3) is 0 Å². The minimum atomic E-state index is -1.93. The topological polar surface area (TPSA) is 95.9 Å². The van der Waals surface area contributed by atoms with E-state index < -0.39 is 17.0 Å². The molecular formula is C12H21NO5. The number of amides is 1. The molecule has 6 heteroatoms. The Kier molecular flexibility index (Phi) is 4.70. The summed E-state index contributed by atoms with van der Waals surface area (Å²) in [6, 6.07) is 0. The molecule has 0 aromatic rings. The minimum absolute atomic E-state index is 0.188. The molecule has 0 aromatic carbocycles. The van der Waals surface area contributed by atoms with Crippen LogP contribution in [0.15, 0.2) is 0 Å². The van der Waals surface area contributed by atoms with Gasteiger partial charge >= 0.3 is 5.97 Å². The summed E-state index contributed by atoms with van der Waals surface area (Å²) in [6.07, 6.45) is 3.20. The maximum atomic E-state index is 12.1. The molecule has 0 heterocycles. The van der Waals surface area contributed by atoms with Crippen molar-refractivity contribution < 1.29 is 24.5 Å². The molecule has 0 aromatic heterocycles. The highest BCUT2D eigenvalue weighted by molar-refractivity contribution is 5.85. The third-order valence-electron chi connectivity index (χ3n) is 3.63. The SMILES string of the molecule is COCCC1(C(=O)NCC(C)(O)C(=O)O)CCC1. The zero-order valence-corrected chi connectivity index (χ0v) is 10.9. The average Bonchev–Trinajstić information content (AvgIpc) is 2.25. The van der Waals surface area contributed by atoms with Crippen LogP contribution in [-0.2, 0) is 14.3 Å². The van der Waals surface area contributed by atoms with Crippen LogP contribution in [0.3, 0.4) is 0 Å². The van der Waals surface area contributed by atoms with E-state index in [2.05, 4.69) is 5.32 Å². The van der Waals surface area contributed by atoms with Gasteiger partial charge in [0.05, 0.1) is 12.0 Å². The summed E-state index contributed by atoms with van der Waals surface area (Å²) >= 11 is 0. The highest BCUT2D eigenvalue weighted by Gasteiger charge is 2.44. The fraction of sp³-hybridized carbons (Fsp3) is 0.833. The lowest BCUT2D eigenvalue weighted by molar-refractivity contribution is -0.157. The molecule has 0 aliphatic heterocycles. The standard InChI is InChI=1S/C12H21NO5/c1-11(17,10(15)16)8-13-9(14)12(4-3-5-12)6-7-18-2/h17H,3-8H2,1-2H3,(H,13,14)(H,15,16). The molecule has 1 atom stereocenters. The second-order valence-electron chi connectivity index (χ2n) is 5.14. The van der Waals surface area contributed by atoms with Crippen LogP contribution in [0.1, 0.15) is 32.6 Å². The first kappa shape index (κ1) is 14.9. The van der Waals surface area contributed by atoms with E-state index in [1.54, 1.807) is 7.11 Å². The molecule has 0 radical (unpaired) electrons. The number of hydrogen-bond donors (Lipinski definition) is 3. The number of aliphatic carboxylic acids is 1. The summed E-state index contributed by atoms with van der Waals surface area (Å²) in [7, 11) is 1.58. The van der Waals surface area contributed by atoms with Crippen molar-refractivity contribution in [2.75, 3.05) is 20.3 Å². The first-order valence-electron chi connectivity index (χ1n) is 6.07. The van der Waals surface area contributed by atoms with Gasteiger partial charge < -0.3 is 20.3 Å². The molecule has 6 nitrogen and oxygen atoms in total. The Labute approximate surface area is 106 Å². The number of hydrogen-bond acceptors (Lipinski definition) is 4. The van der Waals surface area contributed by atoms with E-state index >= 15 is 0 Å². The van der Waals surface area contributed by atoms with Crippen molar-refractivity contribution in [2.24, 2.45) is 5.41 Å².